The van der Waals surface area contributed by atoms with Crippen molar-refractivity contribution in [2.75, 3.05) is 5.32 Å². The van der Waals surface area contributed by atoms with Crippen LogP contribution in [0.3, 0.4) is 0 Å². The van der Waals surface area contributed by atoms with E-state index in [1.54, 1.807) is 23.5 Å². The van der Waals surface area contributed by atoms with Crippen LogP contribution in [0.5, 0.6) is 0 Å². The van der Waals surface area contributed by atoms with Gasteiger partial charge < -0.3 is 5.32 Å². The minimum absolute atomic E-state index is 0.00621. The summed E-state index contributed by atoms with van der Waals surface area (Å²) in [5, 5.41) is 14.5. The lowest BCUT2D eigenvalue weighted by Gasteiger charge is -2.15. The molecule has 1 unspecified atom stereocenters. The van der Waals surface area contributed by atoms with Gasteiger partial charge in [0.2, 0.25) is 0 Å². The molecule has 0 amide bonds. The second kappa shape index (κ2) is 6.24. The van der Waals surface area contributed by atoms with Crippen molar-refractivity contribution in [1.29, 1.82) is 0 Å². The summed E-state index contributed by atoms with van der Waals surface area (Å²) >= 11 is 7.79. The van der Waals surface area contributed by atoms with Gasteiger partial charge in [0.05, 0.1) is 9.95 Å². The lowest BCUT2D eigenvalue weighted by atomic mass is 10.2. The van der Waals surface area contributed by atoms with Crippen molar-refractivity contribution in [3.05, 3.63) is 55.2 Å². The third-order valence-electron chi connectivity index (χ3n) is 2.88. The van der Waals surface area contributed by atoms with E-state index in [0.717, 1.165) is 6.42 Å². The minimum Gasteiger partial charge on any atom is -0.375 e. The van der Waals surface area contributed by atoms with Crippen molar-refractivity contribution >= 4 is 34.3 Å². The van der Waals surface area contributed by atoms with Crippen LogP contribution < -0.4 is 5.32 Å². The molecule has 0 fully saturated rings. The summed E-state index contributed by atoms with van der Waals surface area (Å²) < 4.78 is 0. The highest BCUT2D eigenvalue weighted by molar-refractivity contribution is 7.11. The van der Waals surface area contributed by atoms with Crippen molar-refractivity contribution in [3.8, 4) is 0 Å². The molecular formula is C14H15ClN2O2S. The summed E-state index contributed by atoms with van der Waals surface area (Å²) in [7, 11) is 0. The third kappa shape index (κ3) is 3.49. The molecule has 0 spiro atoms. The second-order valence-electron chi connectivity index (χ2n) is 4.65. The maximum absolute atomic E-state index is 11.0. The van der Waals surface area contributed by atoms with E-state index in [0.29, 0.717) is 10.7 Å². The standard InChI is InChI=1S/C14H15ClN2O2S/c1-9(8-11-7-6-10(2)20-11)16-14-12(15)4-3-5-13(14)17(18)19/h3-7,9,16H,8H2,1-2H3. The molecule has 1 N–H and O–H groups in total. The van der Waals surface area contributed by atoms with Crippen LogP contribution in [0.1, 0.15) is 16.7 Å². The molecule has 0 bridgehead atoms. The normalized spacial score (nSPS) is 12.2. The summed E-state index contributed by atoms with van der Waals surface area (Å²) in [5.74, 6) is 0. The molecule has 2 aromatic rings. The van der Waals surface area contributed by atoms with E-state index in [-0.39, 0.29) is 11.7 Å². The first-order chi connectivity index (χ1) is 9.47. The fraction of sp³-hybridized carbons (Fsp3) is 0.286. The van der Waals surface area contributed by atoms with E-state index in [9.17, 15) is 10.1 Å². The van der Waals surface area contributed by atoms with E-state index in [4.69, 9.17) is 11.6 Å². The number of benzene rings is 1. The van der Waals surface area contributed by atoms with Gasteiger partial charge in [-0.15, -0.1) is 11.3 Å². The van der Waals surface area contributed by atoms with Gasteiger partial charge >= 0.3 is 0 Å². The largest absolute Gasteiger partial charge is 0.375 e. The molecule has 20 heavy (non-hydrogen) atoms. The predicted molar refractivity (Wildman–Crippen MR) is 84.0 cm³/mol. The Morgan fingerprint density at radius 1 is 1.40 bits per heavy atom. The zero-order chi connectivity index (χ0) is 14.7. The predicted octanol–water partition coefficient (Wildman–Crippen LogP) is 4.66. The molecule has 1 atom stereocenters. The molecule has 0 aliphatic rings. The number of aryl methyl sites for hydroxylation is 1. The Kier molecular flexibility index (Phi) is 4.62. The fourth-order valence-corrected chi connectivity index (χ4v) is 3.24. The van der Waals surface area contributed by atoms with Crippen LogP contribution in [0.4, 0.5) is 11.4 Å². The number of hydrogen-bond donors (Lipinski definition) is 1. The molecule has 0 radical (unpaired) electrons. The van der Waals surface area contributed by atoms with Gasteiger partial charge in [-0.3, -0.25) is 10.1 Å². The first-order valence-electron chi connectivity index (χ1n) is 6.22. The topological polar surface area (TPSA) is 55.2 Å². The molecule has 0 saturated carbocycles. The van der Waals surface area contributed by atoms with Crippen LogP contribution in [0, 0.1) is 17.0 Å². The maximum Gasteiger partial charge on any atom is 0.293 e. The Hall–Kier alpha value is -1.59. The third-order valence-corrected chi connectivity index (χ3v) is 4.22. The summed E-state index contributed by atoms with van der Waals surface area (Å²) in [6.45, 7) is 4.05. The highest BCUT2D eigenvalue weighted by atomic mass is 35.5. The van der Waals surface area contributed by atoms with Crippen molar-refractivity contribution in [2.45, 2.75) is 26.3 Å². The lowest BCUT2D eigenvalue weighted by Crippen LogP contribution is -2.18. The molecular weight excluding hydrogens is 296 g/mol. The van der Waals surface area contributed by atoms with Crippen molar-refractivity contribution in [3.63, 3.8) is 0 Å². The second-order valence-corrected chi connectivity index (χ2v) is 6.43. The number of halogens is 1. The minimum atomic E-state index is -0.420. The van der Waals surface area contributed by atoms with Crippen LogP contribution in [0.2, 0.25) is 5.02 Å². The van der Waals surface area contributed by atoms with Crippen LogP contribution in [0.15, 0.2) is 30.3 Å². The van der Waals surface area contributed by atoms with Crippen LogP contribution in [0.25, 0.3) is 0 Å². The highest BCUT2D eigenvalue weighted by Gasteiger charge is 2.18. The number of nitrogens with one attached hydrogen (secondary N) is 1. The average molecular weight is 311 g/mol. The van der Waals surface area contributed by atoms with E-state index in [2.05, 4.69) is 24.4 Å². The highest BCUT2D eigenvalue weighted by Crippen LogP contribution is 2.32. The molecule has 6 heteroatoms. The number of nitro benzene ring substituents is 1. The SMILES string of the molecule is Cc1ccc(CC(C)Nc2c(Cl)cccc2[N+](=O)[O-])s1. The zero-order valence-corrected chi connectivity index (χ0v) is 12.8. The van der Waals surface area contributed by atoms with Gasteiger partial charge in [-0.25, -0.2) is 0 Å². The summed E-state index contributed by atoms with van der Waals surface area (Å²) in [6.07, 6.45) is 0.806. The molecule has 2 rings (SSSR count). The number of hydrogen-bond acceptors (Lipinski definition) is 4. The summed E-state index contributed by atoms with van der Waals surface area (Å²) in [6, 6.07) is 8.91. The Morgan fingerprint density at radius 2 is 2.15 bits per heavy atom. The van der Waals surface area contributed by atoms with Gasteiger partial charge in [0.15, 0.2) is 0 Å². The van der Waals surface area contributed by atoms with Crippen molar-refractivity contribution in [1.82, 2.24) is 0 Å². The van der Waals surface area contributed by atoms with Gasteiger partial charge in [-0.2, -0.15) is 0 Å². The maximum atomic E-state index is 11.0. The van der Waals surface area contributed by atoms with Crippen LogP contribution in [-0.4, -0.2) is 11.0 Å². The van der Waals surface area contributed by atoms with Gasteiger partial charge in [-0.1, -0.05) is 17.7 Å². The first-order valence-corrected chi connectivity index (χ1v) is 7.41. The number of rotatable bonds is 5. The quantitative estimate of drug-likeness (QED) is 0.645. The van der Waals surface area contributed by atoms with Gasteiger partial charge in [0.25, 0.3) is 5.69 Å². The Bertz CT molecular complexity index is 627. The van der Waals surface area contributed by atoms with Crippen LogP contribution >= 0.6 is 22.9 Å². The Morgan fingerprint density at radius 3 is 2.75 bits per heavy atom. The van der Waals surface area contributed by atoms with Crippen molar-refractivity contribution in [2.24, 2.45) is 0 Å². The molecule has 0 aliphatic carbocycles. The molecule has 0 aliphatic heterocycles. The Labute approximate surface area is 126 Å². The molecule has 1 heterocycles. The molecule has 0 saturated heterocycles. The molecule has 106 valence electrons. The monoisotopic (exact) mass is 310 g/mol. The number of anilines is 1. The molecule has 4 nitrogen and oxygen atoms in total. The van der Waals surface area contributed by atoms with E-state index in [1.165, 1.54) is 15.8 Å². The number of thiophene rings is 1. The van der Waals surface area contributed by atoms with Crippen molar-refractivity contribution < 1.29 is 4.92 Å². The van der Waals surface area contributed by atoms with Gasteiger partial charge in [0.1, 0.15) is 5.69 Å². The number of nitro groups is 1. The Balaban J connectivity index is 2.15. The number of nitrogens with zero attached hydrogens (tertiary/aromatic N) is 1. The van der Waals surface area contributed by atoms with Crippen LogP contribution in [-0.2, 0) is 6.42 Å². The smallest absolute Gasteiger partial charge is 0.293 e. The average Bonchev–Trinajstić information content (AvgIpc) is 2.77. The molecule has 1 aromatic carbocycles. The van der Waals surface area contributed by atoms with Gasteiger partial charge in [0, 0.05) is 28.3 Å². The van der Waals surface area contributed by atoms with E-state index >= 15 is 0 Å². The fourth-order valence-electron chi connectivity index (χ4n) is 2.00. The molecule has 1 aromatic heterocycles. The lowest BCUT2D eigenvalue weighted by molar-refractivity contribution is -0.384. The number of para-hydroxylation sites is 1. The van der Waals surface area contributed by atoms with E-state index in [1.807, 2.05) is 6.92 Å². The summed E-state index contributed by atoms with van der Waals surface area (Å²) in [4.78, 5) is 13.1. The summed E-state index contributed by atoms with van der Waals surface area (Å²) in [5.41, 5.74) is 0.395. The van der Waals surface area contributed by atoms with E-state index < -0.39 is 4.92 Å². The first kappa shape index (κ1) is 14.8. The van der Waals surface area contributed by atoms with Gasteiger partial charge in [-0.05, 0) is 32.0 Å². The zero-order valence-electron chi connectivity index (χ0n) is 11.2.